The highest BCUT2D eigenvalue weighted by atomic mass is 16.5. The molecule has 0 bridgehead atoms. The van der Waals surface area contributed by atoms with Crippen molar-refractivity contribution in [1.29, 1.82) is 0 Å². The first-order valence-electron chi connectivity index (χ1n) is 11.3. The molecule has 1 aromatic heterocycles. The van der Waals surface area contributed by atoms with Crippen molar-refractivity contribution >= 4 is 18.0 Å². The van der Waals surface area contributed by atoms with Gasteiger partial charge in [-0.05, 0) is 38.7 Å². The molecule has 3 rings (SSSR count). The molecule has 0 aliphatic heterocycles. The third-order valence-corrected chi connectivity index (χ3v) is 6.18. The van der Waals surface area contributed by atoms with Crippen LogP contribution in [0.1, 0.15) is 75.5 Å². The first kappa shape index (κ1) is 23.0. The second kappa shape index (κ2) is 11.1. The van der Waals surface area contributed by atoms with Gasteiger partial charge in [-0.25, -0.2) is 4.79 Å². The van der Waals surface area contributed by atoms with Gasteiger partial charge in [0.1, 0.15) is 0 Å². The van der Waals surface area contributed by atoms with Gasteiger partial charge in [-0.2, -0.15) is 9.97 Å². The van der Waals surface area contributed by atoms with Gasteiger partial charge in [-0.3, -0.25) is 9.69 Å². The first-order chi connectivity index (χ1) is 15.0. The lowest BCUT2D eigenvalue weighted by Crippen LogP contribution is -2.52. The SMILES string of the molecule is COc1nc(C)c(C=CC(=O)N(C(=O)NC2CCCCC2)C2CCCCC2)c(OC)n1. The van der Waals surface area contributed by atoms with Gasteiger partial charge in [-0.1, -0.05) is 38.5 Å². The average molecular weight is 431 g/mol. The molecule has 3 amide bonds. The second-order valence-electron chi connectivity index (χ2n) is 8.34. The zero-order valence-electron chi connectivity index (χ0n) is 18.9. The second-order valence-corrected chi connectivity index (χ2v) is 8.34. The minimum absolute atomic E-state index is 0.0652. The van der Waals surface area contributed by atoms with Crippen LogP contribution in [0, 0.1) is 6.92 Å². The quantitative estimate of drug-likeness (QED) is 0.685. The number of carbonyl (C=O) groups excluding carboxylic acids is 2. The summed E-state index contributed by atoms with van der Waals surface area (Å²) in [6.07, 6.45) is 13.4. The summed E-state index contributed by atoms with van der Waals surface area (Å²) in [5.74, 6) is 0.00162. The summed E-state index contributed by atoms with van der Waals surface area (Å²) in [6, 6.07) is 0.0164. The van der Waals surface area contributed by atoms with Crippen LogP contribution >= 0.6 is 0 Å². The van der Waals surface area contributed by atoms with Gasteiger partial charge in [0.05, 0.1) is 25.5 Å². The zero-order valence-corrected chi connectivity index (χ0v) is 18.9. The van der Waals surface area contributed by atoms with Crippen molar-refractivity contribution in [2.75, 3.05) is 14.2 Å². The Morgan fingerprint density at radius 1 is 0.968 bits per heavy atom. The number of imide groups is 1. The molecule has 0 spiro atoms. The van der Waals surface area contributed by atoms with Gasteiger partial charge in [-0.15, -0.1) is 0 Å². The van der Waals surface area contributed by atoms with Gasteiger partial charge >= 0.3 is 12.0 Å². The van der Waals surface area contributed by atoms with E-state index in [1.165, 1.54) is 31.6 Å². The summed E-state index contributed by atoms with van der Waals surface area (Å²) in [6.45, 7) is 1.80. The van der Waals surface area contributed by atoms with E-state index in [0.717, 1.165) is 57.8 Å². The topological polar surface area (TPSA) is 93.7 Å². The van der Waals surface area contributed by atoms with E-state index in [-0.39, 0.29) is 30.0 Å². The minimum atomic E-state index is -0.322. The maximum atomic E-state index is 13.2. The molecule has 170 valence electrons. The van der Waals surface area contributed by atoms with Crippen molar-refractivity contribution in [1.82, 2.24) is 20.2 Å². The van der Waals surface area contributed by atoms with E-state index in [9.17, 15) is 9.59 Å². The normalized spacial score (nSPS) is 18.0. The van der Waals surface area contributed by atoms with Crippen molar-refractivity contribution in [3.8, 4) is 11.9 Å². The molecular weight excluding hydrogens is 396 g/mol. The Labute approximate surface area is 184 Å². The Bertz CT molecular complexity index is 799. The molecule has 0 unspecified atom stereocenters. The van der Waals surface area contributed by atoms with E-state index in [1.54, 1.807) is 13.0 Å². The maximum absolute atomic E-state index is 13.2. The van der Waals surface area contributed by atoms with Gasteiger partial charge in [0.15, 0.2) is 0 Å². The number of nitrogens with zero attached hydrogens (tertiary/aromatic N) is 3. The number of carbonyl (C=O) groups is 2. The Hall–Kier alpha value is -2.64. The van der Waals surface area contributed by atoms with E-state index >= 15 is 0 Å². The molecular formula is C23H34N4O4. The number of hydrogen-bond acceptors (Lipinski definition) is 6. The lowest BCUT2D eigenvalue weighted by atomic mass is 9.93. The lowest BCUT2D eigenvalue weighted by molar-refractivity contribution is -0.125. The molecule has 2 aliphatic carbocycles. The van der Waals surface area contributed by atoms with E-state index in [4.69, 9.17) is 9.47 Å². The third-order valence-electron chi connectivity index (χ3n) is 6.18. The van der Waals surface area contributed by atoms with Crippen LogP contribution < -0.4 is 14.8 Å². The summed E-state index contributed by atoms with van der Waals surface area (Å²) < 4.78 is 10.4. The largest absolute Gasteiger partial charge is 0.480 e. The Morgan fingerprint density at radius 3 is 2.23 bits per heavy atom. The van der Waals surface area contributed by atoms with Crippen LogP contribution in [0.4, 0.5) is 4.79 Å². The van der Waals surface area contributed by atoms with Gasteiger partial charge < -0.3 is 14.8 Å². The molecule has 2 saturated carbocycles. The molecule has 2 aliphatic rings. The molecule has 0 saturated heterocycles. The highest BCUT2D eigenvalue weighted by molar-refractivity contribution is 6.03. The summed E-state index contributed by atoms with van der Waals surface area (Å²) in [4.78, 5) is 36.2. The molecule has 0 atom stereocenters. The number of methoxy groups -OCH3 is 2. The Kier molecular flexibility index (Phi) is 8.26. The lowest BCUT2D eigenvalue weighted by Gasteiger charge is -2.34. The number of aryl methyl sites for hydroxylation is 1. The number of rotatable bonds is 6. The number of nitrogens with one attached hydrogen (secondary N) is 1. The van der Waals surface area contributed by atoms with E-state index in [2.05, 4.69) is 15.3 Å². The van der Waals surface area contributed by atoms with Gasteiger partial charge in [0.2, 0.25) is 5.88 Å². The highest BCUT2D eigenvalue weighted by Gasteiger charge is 2.31. The van der Waals surface area contributed by atoms with Crippen LogP contribution in [-0.2, 0) is 4.79 Å². The first-order valence-corrected chi connectivity index (χ1v) is 11.3. The number of urea groups is 1. The third kappa shape index (κ3) is 5.95. The standard InChI is InChI=1S/C23H34N4O4/c1-16-19(21(30-2)26-22(24-16)31-3)14-15-20(28)27(18-12-8-5-9-13-18)23(29)25-17-10-6-4-7-11-17/h14-15,17-18H,4-13H2,1-3H3,(H,25,29). The monoisotopic (exact) mass is 430 g/mol. The molecule has 1 N–H and O–H groups in total. The predicted octanol–water partition coefficient (Wildman–Crippen LogP) is 4.02. The summed E-state index contributed by atoms with van der Waals surface area (Å²) in [5.41, 5.74) is 1.22. The van der Waals surface area contributed by atoms with Crippen molar-refractivity contribution in [3.63, 3.8) is 0 Å². The Morgan fingerprint density at radius 2 is 1.61 bits per heavy atom. The molecule has 31 heavy (non-hydrogen) atoms. The maximum Gasteiger partial charge on any atom is 0.324 e. The molecule has 0 aromatic carbocycles. The fraction of sp³-hybridized carbons (Fsp3) is 0.652. The van der Waals surface area contributed by atoms with Crippen LogP contribution in [-0.4, -0.2) is 53.1 Å². The predicted molar refractivity (Wildman–Crippen MR) is 118 cm³/mol. The van der Waals surface area contributed by atoms with Crippen LogP contribution in [0.15, 0.2) is 6.08 Å². The highest BCUT2D eigenvalue weighted by Crippen LogP contribution is 2.26. The van der Waals surface area contributed by atoms with Crippen molar-refractivity contribution in [3.05, 3.63) is 17.3 Å². The molecule has 0 radical (unpaired) electrons. The van der Waals surface area contributed by atoms with Crippen molar-refractivity contribution in [2.45, 2.75) is 83.2 Å². The van der Waals surface area contributed by atoms with Crippen LogP contribution in [0.2, 0.25) is 0 Å². The fourth-order valence-electron chi connectivity index (χ4n) is 4.48. The molecule has 8 heteroatoms. The number of hydrogen-bond donors (Lipinski definition) is 1. The van der Waals surface area contributed by atoms with Crippen LogP contribution in [0.5, 0.6) is 11.9 Å². The van der Waals surface area contributed by atoms with E-state index in [0.29, 0.717) is 17.1 Å². The van der Waals surface area contributed by atoms with Crippen molar-refractivity contribution < 1.29 is 19.1 Å². The molecule has 8 nitrogen and oxygen atoms in total. The van der Waals surface area contributed by atoms with Crippen LogP contribution in [0.3, 0.4) is 0 Å². The Balaban J connectivity index is 1.80. The summed E-state index contributed by atoms with van der Waals surface area (Å²) in [5, 5.41) is 3.11. The number of aromatic nitrogens is 2. The molecule has 1 aromatic rings. The summed E-state index contributed by atoms with van der Waals surface area (Å²) >= 11 is 0. The molecule has 2 fully saturated rings. The zero-order chi connectivity index (χ0) is 22.2. The van der Waals surface area contributed by atoms with Gasteiger partial charge in [0.25, 0.3) is 5.91 Å². The molecule has 1 heterocycles. The van der Waals surface area contributed by atoms with E-state index in [1.807, 2.05) is 0 Å². The van der Waals surface area contributed by atoms with E-state index < -0.39 is 0 Å². The average Bonchev–Trinajstić information content (AvgIpc) is 2.79. The fourth-order valence-corrected chi connectivity index (χ4v) is 4.48. The summed E-state index contributed by atoms with van der Waals surface area (Å²) in [7, 11) is 2.99. The van der Waals surface area contributed by atoms with Gasteiger partial charge in [0, 0.05) is 18.2 Å². The van der Waals surface area contributed by atoms with Crippen molar-refractivity contribution in [2.24, 2.45) is 0 Å². The number of amides is 3. The smallest absolute Gasteiger partial charge is 0.324 e. The van der Waals surface area contributed by atoms with Crippen LogP contribution in [0.25, 0.3) is 6.08 Å². The minimum Gasteiger partial charge on any atom is -0.480 e. The number of ether oxygens (including phenoxy) is 2.